The first-order valence-corrected chi connectivity index (χ1v) is 8.01. The summed E-state index contributed by atoms with van der Waals surface area (Å²) in [6, 6.07) is 0.000394. The van der Waals surface area contributed by atoms with Gasteiger partial charge in [-0.3, -0.25) is 4.57 Å². The summed E-state index contributed by atoms with van der Waals surface area (Å²) in [5.74, 6) is 0.465. The van der Waals surface area contributed by atoms with E-state index in [2.05, 4.69) is 13.8 Å². The van der Waals surface area contributed by atoms with E-state index in [0.29, 0.717) is 10.4 Å². The maximum absolute atomic E-state index is 11.3. The molecule has 0 heterocycles. The second kappa shape index (κ2) is 5.63. The lowest BCUT2D eigenvalue weighted by Gasteiger charge is -2.38. The van der Waals surface area contributed by atoms with Crippen LogP contribution in [0.2, 0.25) is 0 Å². The van der Waals surface area contributed by atoms with Crippen LogP contribution >= 0.6 is 7.37 Å². The Morgan fingerprint density at radius 1 is 1.25 bits per heavy atom. The van der Waals surface area contributed by atoms with Crippen molar-refractivity contribution in [3.8, 4) is 0 Å². The highest BCUT2D eigenvalue weighted by molar-refractivity contribution is 7.57. The molecule has 98 valence electrons. The van der Waals surface area contributed by atoms with Gasteiger partial charge in [0.1, 0.15) is 12.1 Å². The Bertz CT molecular complexity index is 254. The van der Waals surface area contributed by atoms with E-state index in [1.807, 2.05) is 21.1 Å². The molecule has 0 spiro atoms. The molecule has 0 aromatic rings. The SMILES string of the molecule is CC(C)C[C@H]([C@@H](O)CP(C)(=O)O)[N+](C)(C)C. The van der Waals surface area contributed by atoms with E-state index in [0.717, 1.165) is 6.42 Å². The molecule has 0 saturated carbocycles. The molecule has 0 aliphatic carbocycles. The minimum atomic E-state index is -3.15. The number of quaternary nitrogens is 1. The van der Waals surface area contributed by atoms with E-state index in [4.69, 9.17) is 0 Å². The van der Waals surface area contributed by atoms with Crippen molar-refractivity contribution in [2.75, 3.05) is 34.0 Å². The zero-order valence-corrected chi connectivity index (χ0v) is 12.2. The van der Waals surface area contributed by atoms with Crippen LogP contribution in [-0.4, -0.2) is 60.6 Å². The number of hydrogen-bond acceptors (Lipinski definition) is 2. The van der Waals surface area contributed by atoms with Crippen LogP contribution in [-0.2, 0) is 4.57 Å². The Balaban J connectivity index is 4.70. The van der Waals surface area contributed by atoms with Gasteiger partial charge in [-0.2, -0.15) is 0 Å². The normalized spacial score (nSPS) is 20.6. The molecule has 3 atom stereocenters. The molecule has 0 radical (unpaired) electrons. The van der Waals surface area contributed by atoms with E-state index in [1.54, 1.807) is 0 Å². The monoisotopic (exact) mass is 252 g/mol. The van der Waals surface area contributed by atoms with Crippen LogP contribution < -0.4 is 0 Å². The molecule has 0 aromatic carbocycles. The van der Waals surface area contributed by atoms with Crippen LogP contribution in [0.5, 0.6) is 0 Å². The Hall–Kier alpha value is 0.110. The molecule has 0 saturated heterocycles. The summed E-state index contributed by atoms with van der Waals surface area (Å²) in [6.07, 6.45) is 0.119. The molecule has 0 fully saturated rings. The summed E-state index contributed by atoms with van der Waals surface area (Å²) < 4.78 is 11.9. The van der Waals surface area contributed by atoms with E-state index in [-0.39, 0.29) is 12.2 Å². The van der Waals surface area contributed by atoms with Crippen molar-refractivity contribution in [1.29, 1.82) is 0 Å². The van der Waals surface area contributed by atoms with E-state index < -0.39 is 13.5 Å². The van der Waals surface area contributed by atoms with E-state index >= 15 is 0 Å². The van der Waals surface area contributed by atoms with Gasteiger partial charge in [-0.1, -0.05) is 13.8 Å². The van der Waals surface area contributed by atoms with Crippen LogP contribution in [0.4, 0.5) is 0 Å². The maximum Gasteiger partial charge on any atom is 0.200 e. The molecule has 0 aliphatic rings. The van der Waals surface area contributed by atoms with Crippen LogP contribution in [0, 0.1) is 5.92 Å². The lowest BCUT2D eigenvalue weighted by atomic mass is 9.97. The molecule has 5 heteroatoms. The molecule has 0 aliphatic heterocycles. The number of rotatable bonds is 6. The smallest absolute Gasteiger partial charge is 0.200 e. The van der Waals surface area contributed by atoms with Crippen LogP contribution in [0.3, 0.4) is 0 Å². The first-order chi connectivity index (χ1) is 6.93. The fourth-order valence-electron chi connectivity index (χ4n) is 1.94. The highest BCUT2D eigenvalue weighted by Crippen LogP contribution is 2.37. The standard InChI is InChI=1S/C11H26NO3P/c1-9(2)7-10(12(3,4)5)11(13)8-16(6,14)15/h9-11,13H,7-8H2,1-6H3/p+1/t10-,11+/m1/s1. The highest BCUT2D eigenvalue weighted by Gasteiger charge is 2.34. The van der Waals surface area contributed by atoms with Gasteiger partial charge >= 0.3 is 0 Å². The molecular formula is C11H27NO3P+. The van der Waals surface area contributed by atoms with Crippen molar-refractivity contribution >= 4 is 7.37 Å². The first kappa shape index (κ1) is 16.1. The topological polar surface area (TPSA) is 57.5 Å². The van der Waals surface area contributed by atoms with Gasteiger partial charge < -0.3 is 14.5 Å². The van der Waals surface area contributed by atoms with Crippen molar-refractivity contribution in [3.05, 3.63) is 0 Å². The second-order valence-electron chi connectivity index (χ2n) is 6.11. The minimum Gasteiger partial charge on any atom is -0.386 e. The summed E-state index contributed by atoms with van der Waals surface area (Å²) >= 11 is 0. The van der Waals surface area contributed by atoms with Gasteiger partial charge in [0.15, 0.2) is 7.37 Å². The number of likely N-dealkylation sites (N-methyl/N-ethyl adjacent to an activating group) is 1. The summed E-state index contributed by atoms with van der Waals surface area (Å²) in [5, 5.41) is 10.1. The lowest BCUT2D eigenvalue weighted by molar-refractivity contribution is -0.900. The third-order valence-electron chi connectivity index (χ3n) is 2.68. The maximum atomic E-state index is 11.3. The Morgan fingerprint density at radius 3 is 1.94 bits per heavy atom. The van der Waals surface area contributed by atoms with Gasteiger partial charge in [-0.05, 0) is 5.92 Å². The van der Waals surface area contributed by atoms with Crippen LogP contribution in [0.25, 0.3) is 0 Å². The molecule has 0 amide bonds. The molecule has 2 N–H and O–H groups in total. The number of aliphatic hydroxyl groups is 1. The predicted octanol–water partition coefficient (Wildman–Crippen LogP) is 1.37. The van der Waals surface area contributed by atoms with Gasteiger partial charge in [-0.25, -0.2) is 0 Å². The second-order valence-corrected chi connectivity index (χ2v) is 8.58. The van der Waals surface area contributed by atoms with Gasteiger partial charge in [0.25, 0.3) is 0 Å². The summed E-state index contributed by atoms with van der Waals surface area (Å²) in [7, 11) is 2.88. The average Bonchev–Trinajstić information content (AvgIpc) is 1.93. The third kappa shape index (κ3) is 6.64. The van der Waals surface area contributed by atoms with Gasteiger partial charge in [-0.15, -0.1) is 0 Å². The first-order valence-electron chi connectivity index (χ1n) is 5.72. The van der Waals surface area contributed by atoms with Crippen molar-refractivity contribution in [2.24, 2.45) is 5.92 Å². The zero-order valence-electron chi connectivity index (χ0n) is 11.3. The van der Waals surface area contributed by atoms with Gasteiger partial charge in [0, 0.05) is 13.1 Å². The van der Waals surface area contributed by atoms with Crippen molar-refractivity contribution in [3.63, 3.8) is 0 Å². The molecule has 0 aromatic heterocycles. The lowest BCUT2D eigenvalue weighted by Crippen LogP contribution is -2.53. The zero-order chi connectivity index (χ0) is 13.1. The summed E-state index contributed by atoms with van der Waals surface area (Å²) in [6.45, 7) is 5.50. The molecule has 16 heavy (non-hydrogen) atoms. The highest BCUT2D eigenvalue weighted by atomic mass is 31.2. The van der Waals surface area contributed by atoms with Crippen LogP contribution in [0.1, 0.15) is 20.3 Å². The minimum absolute atomic E-state index is 0.000394. The molecule has 0 bridgehead atoms. The Labute approximate surface area is 99.3 Å². The van der Waals surface area contributed by atoms with E-state index in [9.17, 15) is 14.6 Å². The van der Waals surface area contributed by atoms with Crippen molar-refractivity contribution in [1.82, 2.24) is 0 Å². The van der Waals surface area contributed by atoms with Gasteiger partial charge in [0.05, 0.1) is 27.3 Å². The summed E-state index contributed by atoms with van der Waals surface area (Å²) in [4.78, 5) is 9.33. The fraction of sp³-hybridized carbons (Fsp3) is 1.00. The predicted molar refractivity (Wildman–Crippen MR) is 67.9 cm³/mol. The average molecular weight is 252 g/mol. The summed E-state index contributed by atoms with van der Waals surface area (Å²) in [5.41, 5.74) is 0. The van der Waals surface area contributed by atoms with Gasteiger partial charge in [0.2, 0.25) is 0 Å². The Kier molecular flexibility index (Phi) is 5.67. The van der Waals surface area contributed by atoms with E-state index in [1.165, 1.54) is 6.66 Å². The number of aliphatic hydroxyl groups excluding tert-OH is 1. The van der Waals surface area contributed by atoms with Crippen molar-refractivity contribution < 1.29 is 19.0 Å². The Morgan fingerprint density at radius 2 is 1.69 bits per heavy atom. The third-order valence-corrected chi connectivity index (χ3v) is 3.73. The number of nitrogens with zero attached hydrogens (tertiary/aromatic N) is 1. The van der Waals surface area contributed by atoms with Crippen molar-refractivity contribution in [2.45, 2.75) is 32.4 Å². The largest absolute Gasteiger partial charge is 0.386 e. The molecule has 0 rings (SSSR count). The van der Waals surface area contributed by atoms with Crippen LogP contribution in [0.15, 0.2) is 0 Å². The molecular weight excluding hydrogens is 225 g/mol. The fourth-order valence-corrected chi connectivity index (χ4v) is 2.88. The quantitative estimate of drug-likeness (QED) is 0.554. The number of hydrogen-bond donors (Lipinski definition) is 2. The molecule has 1 unspecified atom stereocenters. The molecule has 4 nitrogen and oxygen atoms in total.